The molecule has 0 spiro atoms. The second kappa shape index (κ2) is 6.74. The van der Waals surface area contributed by atoms with Crippen LogP contribution < -0.4 is 10.1 Å². The molecule has 0 fully saturated rings. The first-order chi connectivity index (χ1) is 11.2. The van der Waals surface area contributed by atoms with Gasteiger partial charge in [-0.25, -0.2) is 4.79 Å². The molecule has 0 aliphatic heterocycles. The molecule has 3 aromatic rings. The summed E-state index contributed by atoms with van der Waals surface area (Å²) >= 11 is 0. The zero-order valence-electron chi connectivity index (χ0n) is 12.5. The van der Waals surface area contributed by atoms with Crippen LogP contribution in [0.15, 0.2) is 65.1 Å². The molecule has 6 nitrogen and oxygen atoms in total. The van der Waals surface area contributed by atoms with E-state index in [1.807, 2.05) is 36.4 Å². The maximum atomic E-state index is 12.2. The van der Waals surface area contributed by atoms with Crippen molar-refractivity contribution in [2.75, 3.05) is 0 Å². The minimum atomic E-state index is -0.596. The van der Waals surface area contributed by atoms with Gasteiger partial charge in [0.15, 0.2) is 0 Å². The molecule has 0 bridgehead atoms. The Kier molecular flexibility index (Phi) is 4.33. The van der Waals surface area contributed by atoms with Crippen molar-refractivity contribution < 1.29 is 13.9 Å². The monoisotopic (exact) mass is 309 g/mol. The molecule has 1 N–H and O–H groups in total. The van der Waals surface area contributed by atoms with Crippen molar-refractivity contribution in [2.24, 2.45) is 0 Å². The van der Waals surface area contributed by atoms with E-state index in [9.17, 15) is 4.79 Å². The van der Waals surface area contributed by atoms with E-state index in [4.69, 9.17) is 9.15 Å². The maximum absolute atomic E-state index is 12.2. The van der Waals surface area contributed by atoms with Crippen molar-refractivity contribution in [3.63, 3.8) is 0 Å². The molecule has 23 heavy (non-hydrogen) atoms. The maximum Gasteiger partial charge on any atom is 0.413 e. The average molecular weight is 309 g/mol. The summed E-state index contributed by atoms with van der Waals surface area (Å²) in [5.74, 6) is 1.19. The molecular formula is C17H15N3O3. The lowest BCUT2D eigenvalue weighted by Crippen LogP contribution is -2.32. The number of aryl methyl sites for hydroxylation is 1. The Bertz CT molecular complexity index is 772. The van der Waals surface area contributed by atoms with Gasteiger partial charge in [0.1, 0.15) is 11.8 Å². The number of hydrogen-bond acceptors (Lipinski definition) is 5. The molecule has 1 heterocycles. The molecule has 1 atom stereocenters. The zero-order chi connectivity index (χ0) is 16.1. The van der Waals surface area contributed by atoms with Gasteiger partial charge in [0, 0.05) is 6.92 Å². The fourth-order valence-corrected chi connectivity index (χ4v) is 2.10. The fourth-order valence-electron chi connectivity index (χ4n) is 2.10. The molecule has 0 aliphatic carbocycles. The van der Waals surface area contributed by atoms with E-state index in [1.165, 1.54) is 0 Å². The first-order valence-corrected chi connectivity index (χ1v) is 7.11. The smallest absolute Gasteiger partial charge is 0.413 e. The Morgan fingerprint density at radius 1 is 1.04 bits per heavy atom. The van der Waals surface area contributed by atoms with E-state index in [0.29, 0.717) is 17.5 Å². The number of hydrogen-bond donors (Lipinski definition) is 1. The minimum Gasteiger partial charge on any atom is -0.423 e. The van der Waals surface area contributed by atoms with Gasteiger partial charge < -0.3 is 14.5 Å². The van der Waals surface area contributed by atoms with Crippen molar-refractivity contribution in [2.45, 2.75) is 13.0 Å². The third kappa shape index (κ3) is 3.74. The number of carbonyl (C=O) groups excluding carboxylic acids is 1. The van der Waals surface area contributed by atoms with Crippen LogP contribution in [0.25, 0.3) is 0 Å². The Morgan fingerprint density at radius 3 is 2.30 bits per heavy atom. The number of rotatable bonds is 4. The van der Waals surface area contributed by atoms with Crippen LogP contribution in [-0.2, 0) is 0 Å². The Hall–Kier alpha value is -3.15. The standard InChI is InChI=1S/C17H15N3O3/c1-12-19-20-16(22-12)15(13-8-4-2-5-9-13)18-17(21)23-14-10-6-3-7-11-14/h2-11,15H,1H3,(H,18,21). The second-order valence-corrected chi connectivity index (χ2v) is 4.85. The summed E-state index contributed by atoms with van der Waals surface area (Å²) in [6.07, 6.45) is -0.596. The highest BCUT2D eigenvalue weighted by atomic mass is 16.6. The van der Waals surface area contributed by atoms with Gasteiger partial charge in [0.25, 0.3) is 0 Å². The highest BCUT2D eigenvalue weighted by Crippen LogP contribution is 2.21. The van der Waals surface area contributed by atoms with Crippen LogP contribution in [0.3, 0.4) is 0 Å². The summed E-state index contributed by atoms with van der Waals surface area (Å²) in [4.78, 5) is 12.2. The van der Waals surface area contributed by atoms with E-state index in [0.717, 1.165) is 5.56 Å². The molecule has 0 saturated carbocycles. The molecular weight excluding hydrogens is 294 g/mol. The second-order valence-electron chi connectivity index (χ2n) is 4.85. The van der Waals surface area contributed by atoms with Crippen LogP contribution in [0.5, 0.6) is 5.75 Å². The highest BCUT2D eigenvalue weighted by molar-refractivity contribution is 5.71. The Labute approximate surface area is 133 Å². The van der Waals surface area contributed by atoms with Gasteiger partial charge in [0.05, 0.1) is 0 Å². The summed E-state index contributed by atoms with van der Waals surface area (Å²) in [5, 5.41) is 10.6. The van der Waals surface area contributed by atoms with Gasteiger partial charge in [-0.2, -0.15) is 0 Å². The van der Waals surface area contributed by atoms with Gasteiger partial charge in [-0.1, -0.05) is 48.5 Å². The van der Waals surface area contributed by atoms with Crippen molar-refractivity contribution in [1.29, 1.82) is 0 Å². The highest BCUT2D eigenvalue weighted by Gasteiger charge is 2.23. The third-order valence-electron chi connectivity index (χ3n) is 3.14. The third-order valence-corrected chi connectivity index (χ3v) is 3.14. The van der Waals surface area contributed by atoms with Crippen molar-refractivity contribution in [3.8, 4) is 5.75 Å². The molecule has 1 aromatic heterocycles. The number of ether oxygens (including phenoxy) is 1. The zero-order valence-corrected chi connectivity index (χ0v) is 12.5. The Morgan fingerprint density at radius 2 is 1.70 bits per heavy atom. The SMILES string of the molecule is Cc1nnc(C(NC(=O)Oc2ccccc2)c2ccccc2)o1. The van der Waals surface area contributed by atoms with Gasteiger partial charge in [-0.15, -0.1) is 10.2 Å². The van der Waals surface area contributed by atoms with Crippen LogP contribution in [0.4, 0.5) is 4.79 Å². The molecule has 1 unspecified atom stereocenters. The first-order valence-electron chi connectivity index (χ1n) is 7.11. The van der Waals surface area contributed by atoms with Crippen LogP contribution >= 0.6 is 0 Å². The largest absolute Gasteiger partial charge is 0.423 e. The van der Waals surface area contributed by atoms with Crippen LogP contribution in [0, 0.1) is 6.92 Å². The average Bonchev–Trinajstić information content (AvgIpc) is 3.00. The van der Waals surface area contributed by atoms with Crippen molar-refractivity contribution >= 4 is 6.09 Å². The van der Waals surface area contributed by atoms with Crippen LogP contribution in [0.2, 0.25) is 0 Å². The number of amides is 1. The van der Waals surface area contributed by atoms with Crippen molar-refractivity contribution in [3.05, 3.63) is 78.0 Å². The molecule has 3 rings (SSSR count). The number of benzene rings is 2. The van der Waals surface area contributed by atoms with Gasteiger partial charge in [0.2, 0.25) is 11.8 Å². The van der Waals surface area contributed by atoms with E-state index >= 15 is 0 Å². The van der Waals surface area contributed by atoms with Crippen molar-refractivity contribution in [1.82, 2.24) is 15.5 Å². The summed E-state index contributed by atoms with van der Waals surface area (Å²) in [6, 6.07) is 17.6. The lowest BCUT2D eigenvalue weighted by Gasteiger charge is -2.15. The minimum absolute atomic E-state index is 0.304. The molecule has 0 aliphatic rings. The summed E-state index contributed by atoms with van der Waals surface area (Å²) in [7, 11) is 0. The molecule has 0 saturated heterocycles. The molecule has 2 aromatic carbocycles. The predicted molar refractivity (Wildman–Crippen MR) is 82.9 cm³/mol. The number of carbonyl (C=O) groups is 1. The fraction of sp³-hybridized carbons (Fsp3) is 0.118. The van der Waals surface area contributed by atoms with E-state index in [2.05, 4.69) is 15.5 Å². The predicted octanol–water partition coefficient (Wildman–Crippen LogP) is 3.26. The molecule has 6 heteroatoms. The normalized spacial score (nSPS) is 11.7. The quantitative estimate of drug-likeness (QED) is 0.800. The summed E-state index contributed by atoms with van der Waals surface area (Å²) in [6.45, 7) is 1.70. The van der Waals surface area contributed by atoms with Gasteiger partial charge >= 0.3 is 6.09 Å². The lowest BCUT2D eigenvalue weighted by molar-refractivity contribution is 0.196. The number of nitrogens with one attached hydrogen (secondary N) is 1. The summed E-state index contributed by atoms with van der Waals surface area (Å²) in [5.41, 5.74) is 0.821. The number of nitrogens with zero attached hydrogens (tertiary/aromatic N) is 2. The molecule has 1 amide bonds. The molecule has 116 valence electrons. The van der Waals surface area contributed by atoms with Gasteiger partial charge in [-0.3, -0.25) is 0 Å². The topological polar surface area (TPSA) is 77.2 Å². The molecule has 0 radical (unpaired) electrons. The number of para-hydroxylation sites is 1. The van der Waals surface area contributed by atoms with E-state index < -0.39 is 12.1 Å². The summed E-state index contributed by atoms with van der Waals surface area (Å²) < 4.78 is 10.7. The van der Waals surface area contributed by atoms with Gasteiger partial charge in [-0.05, 0) is 17.7 Å². The van der Waals surface area contributed by atoms with E-state index in [1.54, 1.807) is 31.2 Å². The number of aromatic nitrogens is 2. The van der Waals surface area contributed by atoms with E-state index in [-0.39, 0.29) is 0 Å². The lowest BCUT2D eigenvalue weighted by atomic mass is 10.1. The van der Waals surface area contributed by atoms with Crippen LogP contribution in [0.1, 0.15) is 23.4 Å². The Balaban J connectivity index is 1.80. The van der Waals surface area contributed by atoms with Crippen LogP contribution in [-0.4, -0.2) is 16.3 Å². The first kappa shape index (κ1) is 14.8.